The first-order valence-electron chi connectivity index (χ1n) is 7.47. The number of nitrogens with one attached hydrogen (secondary N) is 2. The summed E-state index contributed by atoms with van der Waals surface area (Å²) in [7, 11) is 1.80. The Kier molecular flexibility index (Phi) is 3.58. The van der Waals surface area contributed by atoms with Gasteiger partial charge in [0.15, 0.2) is 17.0 Å². The molecule has 0 saturated heterocycles. The van der Waals surface area contributed by atoms with Crippen LogP contribution in [0.25, 0.3) is 11.2 Å². The SMILES string of the molecule is Cn1nnc2c(NC(Cc3ccccc3)c3ncn[nH]3)ncnc21. The second-order valence-electron chi connectivity index (χ2n) is 5.36. The first-order chi connectivity index (χ1) is 11.8. The van der Waals surface area contributed by atoms with Gasteiger partial charge in [0.25, 0.3) is 0 Å². The van der Waals surface area contributed by atoms with Gasteiger partial charge in [-0.05, 0) is 12.0 Å². The maximum atomic E-state index is 4.31. The van der Waals surface area contributed by atoms with Crippen LogP contribution >= 0.6 is 0 Å². The number of hydrogen-bond donors (Lipinski definition) is 2. The highest BCUT2D eigenvalue weighted by atomic mass is 15.4. The third-order valence-corrected chi connectivity index (χ3v) is 3.75. The molecule has 0 spiro atoms. The van der Waals surface area contributed by atoms with Crippen LogP contribution in [0.15, 0.2) is 43.0 Å². The minimum atomic E-state index is -0.130. The van der Waals surface area contributed by atoms with E-state index in [-0.39, 0.29) is 6.04 Å². The van der Waals surface area contributed by atoms with E-state index in [9.17, 15) is 0 Å². The summed E-state index contributed by atoms with van der Waals surface area (Å²) in [6.07, 6.45) is 3.71. The Balaban J connectivity index is 1.69. The molecule has 1 atom stereocenters. The molecule has 0 aliphatic heterocycles. The summed E-state index contributed by atoms with van der Waals surface area (Å²) in [6, 6.07) is 10.0. The van der Waals surface area contributed by atoms with E-state index >= 15 is 0 Å². The van der Waals surface area contributed by atoms with Gasteiger partial charge >= 0.3 is 0 Å². The number of aryl methyl sites for hydroxylation is 1. The third kappa shape index (κ3) is 2.67. The summed E-state index contributed by atoms with van der Waals surface area (Å²) < 4.78 is 1.61. The molecule has 4 rings (SSSR count). The van der Waals surface area contributed by atoms with Crippen molar-refractivity contribution in [1.29, 1.82) is 0 Å². The number of benzene rings is 1. The number of anilines is 1. The molecule has 120 valence electrons. The molecule has 3 aromatic heterocycles. The van der Waals surface area contributed by atoms with Crippen LogP contribution in [0.4, 0.5) is 5.82 Å². The number of H-pyrrole nitrogens is 1. The zero-order valence-electron chi connectivity index (χ0n) is 13.0. The van der Waals surface area contributed by atoms with Crippen LogP contribution in [0, 0.1) is 0 Å². The lowest BCUT2D eigenvalue weighted by Gasteiger charge is -2.17. The summed E-state index contributed by atoms with van der Waals surface area (Å²) in [5.74, 6) is 1.35. The summed E-state index contributed by atoms with van der Waals surface area (Å²) in [5, 5.41) is 18.4. The smallest absolute Gasteiger partial charge is 0.183 e. The molecule has 2 N–H and O–H groups in total. The molecule has 0 aliphatic carbocycles. The second kappa shape index (κ2) is 6.03. The van der Waals surface area contributed by atoms with E-state index < -0.39 is 0 Å². The van der Waals surface area contributed by atoms with Gasteiger partial charge in [0.2, 0.25) is 0 Å². The molecule has 3 heterocycles. The van der Waals surface area contributed by atoms with Crippen molar-refractivity contribution >= 4 is 17.0 Å². The number of hydrogen-bond acceptors (Lipinski definition) is 7. The van der Waals surface area contributed by atoms with Crippen LogP contribution in [-0.4, -0.2) is 40.1 Å². The molecule has 0 bridgehead atoms. The van der Waals surface area contributed by atoms with E-state index in [1.54, 1.807) is 11.7 Å². The summed E-state index contributed by atoms with van der Waals surface area (Å²) >= 11 is 0. The van der Waals surface area contributed by atoms with Crippen LogP contribution in [0.2, 0.25) is 0 Å². The normalized spacial score (nSPS) is 12.4. The Hall–Kier alpha value is -3.36. The van der Waals surface area contributed by atoms with Crippen molar-refractivity contribution < 1.29 is 0 Å². The lowest BCUT2D eigenvalue weighted by atomic mass is 10.1. The quantitative estimate of drug-likeness (QED) is 0.569. The van der Waals surface area contributed by atoms with E-state index in [4.69, 9.17) is 0 Å². The Bertz CT molecular complexity index is 930. The van der Waals surface area contributed by atoms with Gasteiger partial charge in [-0.1, -0.05) is 35.5 Å². The molecule has 1 aromatic carbocycles. The number of fused-ring (bicyclic) bond motifs is 1. The molecule has 4 aromatic rings. The largest absolute Gasteiger partial charge is 0.358 e. The average Bonchev–Trinajstić information content (AvgIpc) is 3.26. The first-order valence-corrected chi connectivity index (χ1v) is 7.47. The molecule has 0 fully saturated rings. The molecule has 0 saturated carbocycles. The van der Waals surface area contributed by atoms with E-state index in [0.29, 0.717) is 17.0 Å². The van der Waals surface area contributed by atoms with Crippen molar-refractivity contribution in [2.75, 3.05) is 5.32 Å². The standard InChI is InChI=1S/C15H15N9/c1-24-15-12(21-23-24)14(16-8-18-15)20-11(13-17-9-19-22-13)7-10-5-3-2-4-6-10/h2-6,8-9,11H,7H2,1H3,(H,16,18,20)(H,17,19,22). The van der Waals surface area contributed by atoms with Crippen LogP contribution in [0.1, 0.15) is 17.4 Å². The van der Waals surface area contributed by atoms with E-state index in [0.717, 1.165) is 12.2 Å². The molecular formula is C15H15N9. The van der Waals surface area contributed by atoms with Crippen molar-refractivity contribution in [2.24, 2.45) is 7.05 Å². The predicted molar refractivity (Wildman–Crippen MR) is 87.0 cm³/mol. The number of aromatic nitrogens is 8. The van der Waals surface area contributed by atoms with Crippen molar-refractivity contribution in [3.63, 3.8) is 0 Å². The van der Waals surface area contributed by atoms with E-state index in [2.05, 4.69) is 52.9 Å². The maximum Gasteiger partial charge on any atom is 0.183 e. The van der Waals surface area contributed by atoms with Crippen LogP contribution < -0.4 is 5.32 Å². The van der Waals surface area contributed by atoms with Gasteiger partial charge < -0.3 is 5.32 Å². The fraction of sp³-hybridized carbons (Fsp3) is 0.200. The van der Waals surface area contributed by atoms with Gasteiger partial charge in [0, 0.05) is 7.05 Å². The molecule has 9 heteroatoms. The summed E-state index contributed by atoms with van der Waals surface area (Å²) in [6.45, 7) is 0. The lowest BCUT2D eigenvalue weighted by molar-refractivity contribution is 0.713. The number of nitrogens with zero attached hydrogens (tertiary/aromatic N) is 7. The fourth-order valence-electron chi connectivity index (χ4n) is 2.57. The topological polar surface area (TPSA) is 110 Å². The summed E-state index contributed by atoms with van der Waals surface area (Å²) in [4.78, 5) is 12.8. The fourth-order valence-corrected chi connectivity index (χ4v) is 2.57. The molecule has 1 unspecified atom stereocenters. The Morgan fingerprint density at radius 1 is 1.12 bits per heavy atom. The van der Waals surface area contributed by atoms with Gasteiger partial charge in [-0.3, -0.25) is 5.10 Å². The maximum absolute atomic E-state index is 4.31. The highest BCUT2D eigenvalue weighted by molar-refractivity contribution is 5.81. The van der Waals surface area contributed by atoms with Crippen LogP contribution in [0.3, 0.4) is 0 Å². The predicted octanol–water partition coefficient (Wildman–Crippen LogP) is 1.27. The molecule has 0 radical (unpaired) electrons. The van der Waals surface area contributed by atoms with Gasteiger partial charge in [0.05, 0.1) is 6.04 Å². The van der Waals surface area contributed by atoms with Crippen LogP contribution in [-0.2, 0) is 13.5 Å². The van der Waals surface area contributed by atoms with E-state index in [1.807, 2.05) is 18.2 Å². The van der Waals surface area contributed by atoms with Crippen LogP contribution in [0.5, 0.6) is 0 Å². The highest BCUT2D eigenvalue weighted by Crippen LogP contribution is 2.23. The zero-order valence-corrected chi connectivity index (χ0v) is 13.0. The number of rotatable bonds is 5. The van der Waals surface area contributed by atoms with Crippen molar-refractivity contribution in [3.8, 4) is 0 Å². The Morgan fingerprint density at radius 3 is 2.79 bits per heavy atom. The molecule has 24 heavy (non-hydrogen) atoms. The molecule has 0 aliphatic rings. The van der Waals surface area contributed by atoms with E-state index in [1.165, 1.54) is 18.2 Å². The van der Waals surface area contributed by atoms with Gasteiger partial charge in [-0.15, -0.1) is 5.10 Å². The average molecular weight is 321 g/mol. The third-order valence-electron chi connectivity index (χ3n) is 3.75. The van der Waals surface area contributed by atoms with Gasteiger partial charge in [0.1, 0.15) is 18.5 Å². The first kappa shape index (κ1) is 14.2. The van der Waals surface area contributed by atoms with Crippen molar-refractivity contribution in [2.45, 2.75) is 12.5 Å². The van der Waals surface area contributed by atoms with Crippen molar-refractivity contribution in [3.05, 3.63) is 54.4 Å². The monoisotopic (exact) mass is 321 g/mol. The minimum absolute atomic E-state index is 0.130. The zero-order chi connectivity index (χ0) is 16.4. The number of aromatic amines is 1. The van der Waals surface area contributed by atoms with Gasteiger partial charge in [-0.2, -0.15) is 5.10 Å². The van der Waals surface area contributed by atoms with Crippen molar-refractivity contribution in [1.82, 2.24) is 40.1 Å². The molecule has 9 nitrogen and oxygen atoms in total. The molecular weight excluding hydrogens is 306 g/mol. The Labute approximate surface area is 137 Å². The summed E-state index contributed by atoms with van der Waals surface area (Å²) in [5.41, 5.74) is 2.47. The Morgan fingerprint density at radius 2 is 2.00 bits per heavy atom. The van der Waals surface area contributed by atoms with Gasteiger partial charge in [-0.25, -0.2) is 19.6 Å². The lowest BCUT2D eigenvalue weighted by Crippen LogP contribution is -2.16. The minimum Gasteiger partial charge on any atom is -0.358 e. The highest BCUT2D eigenvalue weighted by Gasteiger charge is 2.19. The molecule has 0 amide bonds. The second-order valence-corrected chi connectivity index (χ2v) is 5.36.